The van der Waals surface area contributed by atoms with Crippen molar-refractivity contribution in [1.82, 2.24) is 9.88 Å². The van der Waals surface area contributed by atoms with Gasteiger partial charge in [-0.3, -0.25) is 14.5 Å². The molecule has 0 radical (unpaired) electrons. The van der Waals surface area contributed by atoms with Crippen LogP contribution in [0.15, 0.2) is 53.3 Å². The number of carboxylic acids is 1. The zero-order valence-electron chi connectivity index (χ0n) is 24.0. The van der Waals surface area contributed by atoms with E-state index in [-0.39, 0.29) is 19.2 Å². The van der Waals surface area contributed by atoms with Gasteiger partial charge in [-0.2, -0.15) is 0 Å². The Hall–Kier alpha value is -4.09. The largest absolute Gasteiger partial charge is 0.493 e. The lowest BCUT2D eigenvalue weighted by atomic mass is 9.83. The molecule has 3 atom stereocenters. The van der Waals surface area contributed by atoms with Gasteiger partial charge in [0.25, 0.3) is 0 Å². The van der Waals surface area contributed by atoms with E-state index in [9.17, 15) is 14.7 Å². The van der Waals surface area contributed by atoms with E-state index < -0.39 is 23.8 Å². The Morgan fingerprint density at radius 1 is 1.24 bits per heavy atom. The number of nitrogens with zero attached hydrogens (tertiary/aromatic N) is 3. The number of aromatic nitrogens is 1. The van der Waals surface area contributed by atoms with E-state index in [1.807, 2.05) is 41.3 Å². The summed E-state index contributed by atoms with van der Waals surface area (Å²) in [6.45, 7) is 3.52. The van der Waals surface area contributed by atoms with Crippen LogP contribution in [0.1, 0.15) is 49.1 Å². The van der Waals surface area contributed by atoms with E-state index in [0.717, 1.165) is 29.7 Å². The van der Waals surface area contributed by atoms with Crippen molar-refractivity contribution in [2.45, 2.75) is 51.1 Å². The van der Waals surface area contributed by atoms with E-state index in [2.05, 4.69) is 11.9 Å². The summed E-state index contributed by atoms with van der Waals surface area (Å²) < 4.78 is 22.2. The lowest BCUT2D eigenvalue weighted by Gasteiger charge is -2.30. The molecule has 0 saturated carbocycles. The number of amides is 1. The molecule has 224 valence electrons. The summed E-state index contributed by atoms with van der Waals surface area (Å²) in [6.07, 6.45) is 5.74. The number of nitrogens with two attached hydrogens (primary N) is 1. The predicted molar refractivity (Wildman–Crippen MR) is 155 cm³/mol. The number of oxazole rings is 1. The lowest BCUT2D eigenvalue weighted by Crippen LogP contribution is -2.44. The Labute approximate surface area is 245 Å². The topological polar surface area (TPSA) is 141 Å². The quantitative estimate of drug-likeness (QED) is 0.308. The van der Waals surface area contributed by atoms with Crippen molar-refractivity contribution >= 4 is 17.6 Å². The number of aryl methyl sites for hydroxylation is 1. The van der Waals surface area contributed by atoms with Gasteiger partial charge in [-0.25, -0.2) is 4.98 Å². The second-order valence-electron chi connectivity index (χ2n) is 10.7. The average Bonchev–Trinajstić information content (AvgIpc) is 3.76. The van der Waals surface area contributed by atoms with Crippen LogP contribution in [0.5, 0.6) is 17.2 Å². The fourth-order valence-electron chi connectivity index (χ4n) is 6.03. The molecule has 3 aromatic rings. The van der Waals surface area contributed by atoms with Crippen LogP contribution in [0.25, 0.3) is 0 Å². The molecule has 1 fully saturated rings. The first kappa shape index (κ1) is 29.4. The smallest absolute Gasteiger partial charge is 0.308 e. The van der Waals surface area contributed by atoms with Gasteiger partial charge in [-0.05, 0) is 48.2 Å². The molecular formula is C31H38N4O7. The molecule has 2 aliphatic rings. The SMILES string of the molecule is CCCCN(C(=O)CN1C[C@H](c2cc(OC)c3c(c2)OCO3)[C@@H](C(=O)O)[C@@H]1CCc1ncco1)c1cccc(CN)c1. The summed E-state index contributed by atoms with van der Waals surface area (Å²) in [7, 11) is 1.54. The minimum atomic E-state index is -0.928. The standard InChI is InChI=1S/C31H38N4O7/c1-3-4-11-35(22-7-5-6-20(13-22)16-32)28(36)18-34-17-23(21-14-25(39-2)30-26(15-21)41-19-42-30)29(31(37)38)24(34)8-9-27-33-10-12-40-27/h5-7,10,12-15,23-24,29H,3-4,8-9,11,16-19,32H2,1-2H3,(H,37,38)/t23-,24+,29-/m1/s1. The Balaban J connectivity index is 1.47. The molecule has 2 aliphatic heterocycles. The van der Waals surface area contributed by atoms with Crippen LogP contribution in [-0.2, 0) is 22.6 Å². The maximum atomic E-state index is 14.0. The average molecular weight is 579 g/mol. The molecule has 1 amide bonds. The number of unbranched alkanes of at least 4 members (excludes halogenated alkanes) is 1. The van der Waals surface area contributed by atoms with E-state index in [1.165, 1.54) is 6.26 Å². The van der Waals surface area contributed by atoms with Crippen molar-refractivity contribution in [2.75, 3.05) is 38.4 Å². The molecule has 0 aliphatic carbocycles. The van der Waals surface area contributed by atoms with Crippen molar-refractivity contribution in [2.24, 2.45) is 11.7 Å². The van der Waals surface area contributed by atoms with Crippen molar-refractivity contribution in [1.29, 1.82) is 0 Å². The molecule has 42 heavy (non-hydrogen) atoms. The summed E-state index contributed by atoms with van der Waals surface area (Å²) in [5.41, 5.74) is 8.37. The highest BCUT2D eigenvalue weighted by molar-refractivity contribution is 5.95. The van der Waals surface area contributed by atoms with Crippen LogP contribution in [-0.4, -0.2) is 66.4 Å². The summed E-state index contributed by atoms with van der Waals surface area (Å²) in [5.74, 6) is -0.188. The van der Waals surface area contributed by atoms with Gasteiger partial charge in [0, 0.05) is 43.7 Å². The van der Waals surface area contributed by atoms with Crippen molar-refractivity contribution < 1.29 is 33.3 Å². The number of hydrogen-bond acceptors (Lipinski definition) is 9. The number of likely N-dealkylation sites (tertiary alicyclic amines) is 1. The summed E-state index contributed by atoms with van der Waals surface area (Å²) in [6, 6.07) is 10.9. The Morgan fingerprint density at radius 2 is 2.10 bits per heavy atom. The van der Waals surface area contributed by atoms with E-state index in [4.69, 9.17) is 24.4 Å². The molecule has 0 spiro atoms. The van der Waals surface area contributed by atoms with Crippen LogP contribution in [0.2, 0.25) is 0 Å². The van der Waals surface area contributed by atoms with Crippen LogP contribution in [0.4, 0.5) is 5.69 Å². The number of carbonyl (C=O) groups excluding carboxylic acids is 1. The van der Waals surface area contributed by atoms with Crippen LogP contribution >= 0.6 is 0 Å². The number of carboxylic acid groups (broad SMARTS) is 1. The van der Waals surface area contributed by atoms with Crippen molar-refractivity contribution in [3.8, 4) is 17.2 Å². The van der Waals surface area contributed by atoms with E-state index >= 15 is 0 Å². The highest BCUT2D eigenvalue weighted by atomic mass is 16.7. The maximum Gasteiger partial charge on any atom is 0.308 e. The number of hydrogen-bond donors (Lipinski definition) is 2. The lowest BCUT2D eigenvalue weighted by molar-refractivity contribution is -0.143. The number of methoxy groups -OCH3 is 1. The van der Waals surface area contributed by atoms with Gasteiger partial charge in [-0.1, -0.05) is 25.5 Å². The Bertz CT molecular complexity index is 1380. The number of carbonyl (C=O) groups is 2. The second kappa shape index (κ2) is 13.3. The number of rotatable bonds is 13. The molecule has 5 rings (SSSR count). The highest BCUT2D eigenvalue weighted by Crippen LogP contribution is 2.47. The molecule has 11 nitrogen and oxygen atoms in total. The maximum absolute atomic E-state index is 14.0. The third-order valence-corrected chi connectivity index (χ3v) is 8.11. The zero-order valence-corrected chi connectivity index (χ0v) is 24.0. The molecule has 1 saturated heterocycles. The fourth-order valence-corrected chi connectivity index (χ4v) is 6.03. The molecule has 3 N–H and O–H groups in total. The van der Waals surface area contributed by atoms with Crippen molar-refractivity contribution in [3.05, 3.63) is 65.9 Å². The van der Waals surface area contributed by atoms with Gasteiger partial charge >= 0.3 is 5.97 Å². The number of ether oxygens (including phenoxy) is 3. The van der Waals surface area contributed by atoms with Crippen molar-refractivity contribution in [3.63, 3.8) is 0 Å². The van der Waals surface area contributed by atoms with Crippen LogP contribution in [0, 0.1) is 5.92 Å². The number of aliphatic carboxylic acids is 1. The predicted octanol–water partition coefficient (Wildman–Crippen LogP) is 3.81. The fraction of sp³-hybridized carbons (Fsp3) is 0.452. The number of anilines is 1. The molecule has 0 bridgehead atoms. The minimum absolute atomic E-state index is 0.0643. The van der Waals surface area contributed by atoms with Gasteiger partial charge < -0.3 is 34.4 Å². The molecule has 11 heteroatoms. The Kier molecular flexibility index (Phi) is 9.28. The van der Waals surface area contributed by atoms with Gasteiger partial charge in [-0.15, -0.1) is 0 Å². The summed E-state index contributed by atoms with van der Waals surface area (Å²) in [5, 5.41) is 10.5. The van der Waals surface area contributed by atoms with E-state index in [1.54, 1.807) is 18.2 Å². The molecule has 1 aromatic heterocycles. The van der Waals surface area contributed by atoms with Gasteiger partial charge in [0.1, 0.15) is 6.26 Å². The van der Waals surface area contributed by atoms with Crippen LogP contribution < -0.4 is 24.8 Å². The third kappa shape index (κ3) is 6.22. The molecule has 0 unspecified atom stereocenters. The summed E-state index contributed by atoms with van der Waals surface area (Å²) in [4.78, 5) is 34.9. The Morgan fingerprint density at radius 3 is 2.81 bits per heavy atom. The molecule has 3 heterocycles. The number of benzene rings is 2. The monoisotopic (exact) mass is 578 g/mol. The zero-order chi connectivity index (χ0) is 29.6. The minimum Gasteiger partial charge on any atom is -0.493 e. The molecule has 2 aromatic carbocycles. The number of fused-ring (bicyclic) bond motifs is 1. The van der Waals surface area contributed by atoms with E-state index in [0.29, 0.717) is 55.6 Å². The van der Waals surface area contributed by atoms with Gasteiger partial charge in [0.2, 0.25) is 18.4 Å². The van der Waals surface area contributed by atoms with Crippen LogP contribution in [0.3, 0.4) is 0 Å². The highest BCUT2D eigenvalue weighted by Gasteiger charge is 2.47. The first-order chi connectivity index (χ1) is 20.4. The second-order valence-corrected chi connectivity index (χ2v) is 10.7. The first-order valence-corrected chi connectivity index (χ1v) is 14.4. The third-order valence-electron chi connectivity index (χ3n) is 8.11. The van der Waals surface area contributed by atoms with Gasteiger partial charge in [0.05, 0.1) is 25.8 Å². The first-order valence-electron chi connectivity index (χ1n) is 14.4. The molecular weight excluding hydrogens is 540 g/mol. The van der Waals surface area contributed by atoms with Gasteiger partial charge in [0.15, 0.2) is 17.4 Å². The normalized spacial score (nSPS) is 19.6. The summed E-state index contributed by atoms with van der Waals surface area (Å²) >= 11 is 0.